The zero-order valence-electron chi connectivity index (χ0n) is 15.3. The maximum Gasteiger partial charge on any atom is 0.255 e. The minimum absolute atomic E-state index is 0.00996. The fourth-order valence-electron chi connectivity index (χ4n) is 2.43. The number of hydrogen-bond donors (Lipinski definition) is 3. The predicted molar refractivity (Wildman–Crippen MR) is 107 cm³/mol. The molecule has 0 fully saturated rings. The lowest BCUT2D eigenvalue weighted by Crippen LogP contribution is -2.22. The predicted octanol–water partition coefficient (Wildman–Crippen LogP) is 2.84. The monoisotopic (exact) mass is 389 g/mol. The third kappa shape index (κ3) is 6.10. The summed E-state index contributed by atoms with van der Waals surface area (Å²) in [5, 5.41) is 5.41. The summed E-state index contributed by atoms with van der Waals surface area (Å²) >= 11 is 0. The summed E-state index contributed by atoms with van der Waals surface area (Å²) in [6.45, 7) is 4.11. The van der Waals surface area contributed by atoms with Gasteiger partial charge in [0.1, 0.15) is 0 Å². The van der Waals surface area contributed by atoms with Crippen molar-refractivity contribution < 1.29 is 18.0 Å². The lowest BCUT2D eigenvalue weighted by molar-refractivity contribution is 0.0954. The fourth-order valence-corrected chi connectivity index (χ4v) is 3.55. The van der Waals surface area contributed by atoms with Crippen molar-refractivity contribution >= 4 is 33.2 Å². The Morgan fingerprint density at radius 2 is 1.48 bits per heavy atom. The molecule has 0 heterocycles. The van der Waals surface area contributed by atoms with Gasteiger partial charge in [-0.15, -0.1) is 0 Å². The quantitative estimate of drug-likeness (QED) is 0.646. The summed E-state index contributed by atoms with van der Waals surface area (Å²) in [5.41, 5.74) is 1.54. The van der Waals surface area contributed by atoms with Gasteiger partial charge in [0.15, 0.2) is 0 Å². The molecule has 0 aliphatic carbocycles. The molecule has 0 radical (unpaired) electrons. The molecule has 2 aromatic rings. The van der Waals surface area contributed by atoms with Crippen LogP contribution in [-0.4, -0.2) is 32.5 Å². The maximum atomic E-state index is 12.5. The number of carbonyl (C=O) groups excluding carboxylic acids is 2. The van der Waals surface area contributed by atoms with Gasteiger partial charge in [-0.25, -0.2) is 8.42 Å². The Morgan fingerprint density at radius 1 is 0.889 bits per heavy atom. The van der Waals surface area contributed by atoms with Crippen LogP contribution in [0.1, 0.15) is 41.0 Å². The highest BCUT2D eigenvalue weighted by atomic mass is 32.2. The lowest BCUT2D eigenvalue weighted by Gasteiger charge is -2.10. The third-order valence-electron chi connectivity index (χ3n) is 3.59. The van der Waals surface area contributed by atoms with E-state index in [1.165, 1.54) is 6.07 Å². The van der Waals surface area contributed by atoms with Crippen molar-refractivity contribution in [1.82, 2.24) is 5.32 Å². The van der Waals surface area contributed by atoms with Gasteiger partial charge in [0, 0.05) is 29.0 Å². The molecule has 144 valence electrons. The standard InChI is InChI=1S/C19H23N3O4S/c1-3-11-27(25,26)22-17-10-6-8-15(13-17)19(24)21-16-9-5-7-14(12-16)18(23)20-4-2/h5-10,12-13,22H,3-4,11H2,1-2H3,(H,20,23)(H,21,24). The molecule has 3 N–H and O–H groups in total. The molecule has 0 bridgehead atoms. The van der Waals surface area contributed by atoms with Crippen LogP contribution in [0.4, 0.5) is 11.4 Å². The highest BCUT2D eigenvalue weighted by Crippen LogP contribution is 2.16. The Hall–Kier alpha value is -2.87. The van der Waals surface area contributed by atoms with Crippen LogP contribution in [0.25, 0.3) is 0 Å². The van der Waals surface area contributed by atoms with Crippen LogP contribution in [-0.2, 0) is 10.0 Å². The average Bonchev–Trinajstić information content (AvgIpc) is 2.62. The second-order valence-corrected chi connectivity index (χ2v) is 7.74. The summed E-state index contributed by atoms with van der Waals surface area (Å²) in [5.74, 6) is -0.615. The van der Waals surface area contributed by atoms with Crippen LogP contribution in [0.15, 0.2) is 48.5 Å². The first-order valence-electron chi connectivity index (χ1n) is 8.64. The molecule has 0 saturated carbocycles. The molecule has 2 aromatic carbocycles. The van der Waals surface area contributed by atoms with Gasteiger partial charge in [-0.1, -0.05) is 19.1 Å². The van der Waals surface area contributed by atoms with Gasteiger partial charge in [-0.3, -0.25) is 14.3 Å². The van der Waals surface area contributed by atoms with E-state index >= 15 is 0 Å². The second kappa shape index (κ2) is 9.18. The molecular weight excluding hydrogens is 366 g/mol. The maximum absolute atomic E-state index is 12.5. The Bertz CT molecular complexity index is 926. The van der Waals surface area contributed by atoms with E-state index in [1.807, 2.05) is 6.92 Å². The summed E-state index contributed by atoms with van der Waals surface area (Å²) in [6, 6.07) is 12.8. The number of hydrogen-bond acceptors (Lipinski definition) is 4. The molecule has 7 nitrogen and oxygen atoms in total. The van der Waals surface area contributed by atoms with Crippen molar-refractivity contribution in [1.29, 1.82) is 0 Å². The van der Waals surface area contributed by atoms with Crippen molar-refractivity contribution in [3.05, 3.63) is 59.7 Å². The van der Waals surface area contributed by atoms with Crippen LogP contribution in [0.3, 0.4) is 0 Å². The Balaban J connectivity index is 2.14. The van der Waals surface area contributed by atoms with E-state index < -0.39 is 15.9 Å². The largest absolute Gasteiger partial charge is 0.352 e. The highest BCUT2D eigenvalue weighted by Gasteiger charge is 2.12. The van der Waals surface area contributed by atoms with E-state index in [-0.39, 0.29) is 11.7 Å². The number of carbonyl (C=O) groups is 2. The topological polar surface area (TPSA) is 104 Å². The molecule has 8 heteroatoms. The van der Waals surface area contributed by atoms with E-state index in [9.17, 15) is 18.0 Å². The van der Waals surface area contributed by atoms with Gasteiger partial charge in [-0.05, 0) is 49.7 Å². The lowest BCUT2D eigenvalue weighted by atomic mass is 10.1. The van der Waals surface area contributed by atoms with E-state index in [0.29, 0.717) is 35.5 Å². The Labute approximate surface area is 159 Å². The molecule has 0 spiro atoms. The van der Waals surface area contributed by atoms with Crippen molar-refractivity contribution in [2.75, 3.05) is 22.3 Å². The van der Waals surface area contributed by atoms with E-state index in [4.69, 9.17) is 0 Å². The van der Waals surface area contributed by atoms with Crippen LogP contribution in [0.5, 0.6) is 0 Å². The van der Waals surface area contributed by atoms with Crippen molar-refractivity contribution in [3.8, 4) is 0 Å². The number of amides is 2. The number of rotatable bonds is 8. The molecule has 0 aromatic heterocycles. The van der Waals surface area contributed by atoms with Crippen LogP contribution >= 0.6 is 0 Å². The molecule has 2 rings (SSSR count). The summed E-state index contributed by atoms with van der Waals surface area (Å²) in [6.07, 6.45) is 0.497. The molecule has 0 aliphatic heterocycles. The number of benzene rings is 2. The molecule has 0 aliphatic rings. The van der Waals surface area contributed by atoms with E-state index in [2.05, 4.69) is 15.4 Å². The normalized spacial score (nSPS) is 10.9. The van der Waals surface area contributed by atoms with Gasteiger partial charge >= 0.3 is 0 Å². The van der Waals surface area contributed by atoms with Crippen molar-refractivity contribution in [3.63, 3.8) is 0 Å². The first kappa shape index (κ1) is 20.4. The van der Waals surface area contributed by atoms with E-state index in [0.717, 1.165) is 0 Å². The first-order chi connectivity index (χ1) is 12.8. The SMILES string of the molecule is CCCS(=O)(=O)Nc1cccc(C(=O)Nc2cccc(C(=O)NCC)c2)c1. The zero-order valence-corrected chi connectivity index (χ0v) is 16.1. The molecule has 0 saturated heterocycles. The molecule has 27 heavy (non-hydrogen) atoms. The van der Waals surface area contributed by atoms with Gasteiger partial charge in [-0.2, -0.15) is 0 Å². The zero-order chi connectivity index (χ0) is 19.9. The van der Waals surface area contributed by atoms with Crippen LogP contribution < -0.4 is 15.4 Å². The molecular formula is C19H23N3O4S. The third-order valence-corrected chi connectivity index (χ3v) is 5.08. The smallest absolute Gasteiger partial charge is 0.255 e. The van der Waals surface area contributed by atoms with Crippen LogP contribution in [0, 0.1) is 0 Å². The Kier molecular flexibility index (Phi) is 6.95. The van der Waals surface area contributed by atoms with Gasteiger partial charge in [0.25, 0.3) is 11.8 Å². The first-order valence-corrected chi connectivity index (χ1v) is 10.3. The number of anilines is 2. The van der Waals surface area contributed by atoms with Crippen molar-refractivity contribution in [2.45, 2.75) is 20.3 Å². The minimum Gasteiger partial charge on any atom is -0.352 e. The summed E-state index contributed by atoms with van der Waals surface area (Å²) in [7, 11) is -3.43. The average molecular weight is 389 g/mol. The van der Waals surface area contributed by atoms with Crippen LogP contribution in [0.2, 0.25) is 0 Å². The number of nitrogens with one attached hydrogen (secondary N) is 3. The van der Waals surface area contributed by atoms with Gasteiger partial charge < -0.3 is 10.6 Å². The molecule has 2 amide bonds. The Morgan fingerprint density at radius 3 is 2.11 bits per heavy atom. The fraction of sp³-hybridized carbons (Fsp3) is 0.263. The highest BCUT2D eigenvalue weighted by molar-refractivity contribution is 7.92. The van der Waals surface area contributed by atoms with Gasteiger partial charge in [0.05, 0.1) is 5.75 Å². The molecule has 0 unspecified atom stereocenters. The minimum atomic E-state index is -3.43. The molecule has 0 atom stereocenters. The second-order valence-electron chi connectivity index (χ2n) is 5.90. The summed E-state index contributed by atoms with van der Waals surface area (Å²) in [4.78, 5) is 24.4. The number of sulfonamides is 1. The van der Waals surface area contributed by atoms with Crippen molar-refractivity contribution in [2.24, 2.45) is 0 Å². The van der Waals surface area contributed by atoms with E-state index in [1.54, 1.807) is 49.4 Å². The van der Waals surface area contributed by atoms with Gasteiger partial charge in [0.2, 0.25) is 10.0 Å². The summed E-state index contributed by atoms with van der Waals surface area (Å²) < 4.78 is 26.2.